The fourth-order valence-electron chi connectivity index (χ4n) is 2.18. The van der Waals surface area contributed by atoms with Crippen LogP contribution in [0.4, 0.5) is 5.69 Å². The van der Waals surface area contributed by atoms with Gasteiger partial charge in [0.1, 0.15) is 0 Å². The van der Waals surface area contributed by atoms with Gasteiger partial charge in [0.05, 0.1) is 18.9 Å². The van der Waals surface area contributed by atoms with Crippen LogP contribution in [0.1, 0.15) is 5.56 Å². The van der Waals surface area contributed by atoms with E-state index < -0.39 is 0 Å². The highest BCUT2D eigenvalue weighted by Gasteiger charge is 2.15. The molecule has 0 bridgehead atoms. The molecule has 7 heteroatoms. The molecule has 124 valence electrons. The highest BCUT2D eigenvalue weighted by molar-refractivity contribution is 14.0. The summed E-state index contributed by atoms with van der Waals surface area (Å²) >= 11 is 1.61. The number of guanidine groups is 1. The summed E-state index contributed by atoms with van der Waals surface area (Å²) in [6.45, 7) is 5.16. The highest BCUT2D eigenvalue weighted by Crippen LogP contribution is 2.14. The predicted molar refractivity (Wildman–Crippen MR) is 105 cm³/mol. The minimum atomic E-state index is 0. The van der Waals surface area contributed by atoms with Crippen molar-refractivity contribution in [3.05, 3.63) is 46.2 Å². The fourth-order valence-corrected chi connectivity index (χ4v) is 2.91. The van der Waals surface area contributed by atoms with E-state index in [9.17, 15) is 0 Å². The molecule has 2 heterocycles. The molecule has 0 saturated carbocycles. The molecule has 3 rings (SSSR count). The zero-order chi connectivity index (χ0) is 15.4. The van der Waals surface area contributed by atoms with Crippen LogP contribution in [0.5, 0.6) is 0 Å². The summed E-state index contributed by atoms with van der Waals surface area (Å²) in [7, 11) is 2.00. The molecule has 1 aromatic heterocycles. The Balaban J connectivity index is 0.00000192. The first-order chi connectivity index (χ1) is 10.7. The lowest BCUT2D eigenvalue weighted by atomic mass is 10.2. The molecule has 23 heavy (non-hydrogen) atoms. The average Bonchev–Trinajstić information content (AvgIpc) is 2.95. The third-order valence-electron chi connectivity index (χ3n) is 3.51. The van der Waals surface area contributed by atoms with Gasteiger partial charge in [-0.15, -0.1) is 35.3 Å². The standard InChI is InChI=1S/C16H20N4OS.HI/c1-13-3-5-14(6-4-13)17-15(20-7-10-21-11-8-20)18-16-19(2)9-12-22-16;/h3-6,9,12H,7-8,10-11H2,1-2H3;1H. The van der Waals surface area contributed by atoms with Crippen LogP contribution in [0.25, 0.3) is 0 Å². The SMILES string of the molecule is Cc1ccc(N=C(N=c2sccn2C)N2CCOCC2)cc1.I. The van der Waals surface area contributed by atoms with E-state index in [-0.39, 0.29) is 24.0 Å². The number of morpholine rings is 1. The molecule has 0 atom stereocenters. The lowest BCUT2D eigenvalue weighted by molar-refractivity contribution is 0.0675. The van der Waals surface area contributed by atoms with Crippen molar-refractivity contribution in [3.8, 4) is 0 Å². The minimum absolute atomic E-state index is 0. The molecule has 0 unspecified atom stereocenters. The molecule has 0 N–H and O–H groups in total. The fraction of sp³-hybridized carbons (Fsp3) is 0.375. The Morgan fingerprint density at radius 1 is 1.17 bits per heavy atom. The molecule has 0 radical (unpaired) electrons. The van der Waals surface area contributed by atoms with Crippen molar-refractivity contribution in [1.82, 2.24) is 9.47 Å². The Bertz CT molecular complexity index is 714. The number of aliphatic imine (C=N–C) groups is 1. The summed E-state index contributed by atoms with van der Waals surface area (Å²) in [6, 6.07) is 8.20. The summed E-state index contributed by atoms with van der Waals surface area (Å²) < 4.78 is 7.44. The summed E-state index contributed by atoms with van der Waals surface area (Å²) in [5.41, 5.74) is 2.16. The monoisotopic (exact) mass is 444 g/mol. The third-order valence-corrected chi connectivity index (χ3v) is 4.36. The average molecular weight is 444 g/mol. The maximum absolute atomic E-state index is 5.43. The smallest absolute Gasteiger partial charge is 0.228 e. The molecular formula is C16H21IN4OS. The molecular weight excluding hydrogens is 423 g/mol. The van der Waals surface area contributed by atoms with Gasteiger partial charge < -0.3 is 14.2 Å². The van der Waals surface area contributed by atoms with Crippen molar-refractivity contribution in [2.24, 2.45) is 17.0 Å². The molecule has 2 aromatic rings. The lowest BCUT2D eigenvalue weighted by Crippen LogP contribution is -2.40. The molecule has 1 fully saturated rings. The van der Waals surface area contributed by atoms with Crippen LogP contribution in [0, 0.1) is 6.92 Å². The number of benzene rings is 1. The van der Waals surface area contributed by atoms with Crippen LogP contribution in [0.3, 0.4) is 0 Å². The summed E-state index contributed by atoms with van der Waals surface area (Å²) in [5, 5.41) is 2.03. The van der Waals surface area contributed by atoms with E-state index in [1.807, 2.05) is 35.3 Å². The molecule has 5 nitrogen and oxygen atoms in total. The Labute approximate surface area is 157 Å². The second-order valence-corrected chi connectivity index (χ2v) is 6.13. The number of rotatable bonds is 1. The zero-order valence-corrected chi connectivity index (χ0v) is 16.5. The van der Waals surface area contributed by atoms with Crippen molar-refractivity contribution >= 4 is 47.0 Å². The molecule has 0 aliphatic carbocycles. The van der Waals surface area contributed by atoms with Crippen LogP contribution < -0.4 is 4.80 Å². The number of hydrogen-bond donors (Lipinski definition) is 0. The molecule has 0 spiro atoms. The van der Waals surface area contributed by atoms with Gasteiger partial charge in [-0.1, -0.05) is 17.7 Å². The first-order valence-corrected chi connectivity index (χ1v) is 8.23. The Hall–Kier alpha value is -1.19. The molecule has 1 aliphatic heterocycles. The molecule has 1 aromatic carbocycles. The summed E-state index contributed by atoms with van der Waals surface area (Å²) in [4.78, 5) is 12.6. The van der Waals surface area contributed by atoms with E-state index in [1.165, 1.54) is 5.56 Å². The number of aryl methyl sites for hydroxylation is 2. The lowest BCUT2D eigenvalue weighted by Gasteiger charge is -2.27. The molecule has 1 saturated heterocycles. The Morgan fingerprint density at radius 3 is 2.48 bits per heavy atom. The highest BCUT2D eigenvalue weighted by atomic mass is 127. The topological polar surface area (TPSA) is 42.1 Å². The predicted octanol–water partition coefficient (Wildman–Crippen LogP) is 2.93. The molecule has 0 amide bonds. The second-order valence-electron chi connectivity index (χ2n) is 5.26. The Morgan fingerprint density at radius 2 is 1.87 bits per heavy atom. The number of aromatic nitrogens is 1. The molecule has 1 aliphatic rings. The largest absolute Gasteiger partial charge is 0.378 e. The van der Waals surface area contributed by atoms with Gasteiger partial charge >= 0.3 is 0 Å². The zero-order valence-electron chi connectivity index (χ0n) is 13.3. The van der Waals surface area contributed by atoms with Crippen molar-refractivity contribution in [1.29, 1.82) is 0 Å². The normalized spacial score (nSPS) is 16.3. The summed E-state index contributed by atoms with van der Waals surface area (Å²) in [6.07, 6.45) is 2.01. The van der Waals surface area contributed by atoms with Gasteiger partial charge in [-0.05, 0) is 19.1 Å². The van der Waals surface area contributed by atoms with E-state index in [1.54, 1.807) is 11.3 Å². The van der Waals surface area contributed by atoms with Gasteiger partial charge in [-0.3, -0.25) is 0 Å². The van der Waals surface area contributed by atoms with Crippen LogP contribution in [-0.4, -0.2) is 41.7 Å². The van der Waals surface area contributed by atoms with Gasteiger partial charge in [0.25, 0.3) is 0 Å². The van der Waals surface area contributed by atoms with E-state index in [0.717, 1.165) is 42.8 Å². The Kier molecular flexibility index (Phi) is 6.79. The summed E-state index contributed by atoms with van der Waals surface area (Å²) in [5.74, 6) is 0.755. The minimum Gasteiger partial charge on any atom is -0.378 e. The van der Waals surface area contributed by atoms with Crippen molar-refractivity contribution < 1.29 is 4.74 Å². The number of nitrogens with zero attached hydrogens (tertiary/aromatic N) is 4. The van der Waals surface area contributed by atoms with Gasteiger partial charge in [0, 0.05) is 31.7 Å². The van der Waals surface area contributed by atoms with E-state index in [0.29, 0.717) is 0 Å². The first-order valence-electron chi connectivity index (χ1n) is 7.35. The van der Waals surface area contributed by atoms with Crippen molar-refractivity contribution in [2.75, 3.05) is 26.3 Å². The number of ether oxygens (including phenoxy) is 1. The maximum Gasteiger partial charge on any atom is 0.228 e. The van der Waals surface area contributed by atoms with Crippen LogP contribution in [0.15, 0.2) is 45.8 Å². The first kappa shape index (κ1) is 18.2. The third kappa shape index (κ3) is 4.89. The van der Waals surface area contributed by atoms with Crippen molar-refractivity contribution in [3.63, 3.8) is 0 Å². The second kappa shape index (κ2) is 8.60. The van der Waals surface area contributed by atoms with Gasteiger partial charge in [0.15, 0.2) is 4.80 Å². The quantitative estimate of drug-likeness (QED) is 0.386. The van der Waals surface area contributed by atoms with Gasteiger partial charge in [-0.2, -0.15) is 4.99 Å². The van der Waals surface area contributed by atoms with Gasteiger partial charge in [-0.25, -0.2) is 4.99 Å². The van der Waals surface area contributed by atoms with Crippen LogP contribution >= 0.6 is 35.3 Å². The van der Waals surface area contributed by atoms with E-state index >= 15 is 0 Å². The number of hydrogen-bond acceptors (Lipinski definition) is 3. The van der Waals surface area contributed by atoms with Gasteiger partial charge in [0.2, 0.25) is 5.96 Å². The van der Waals surface area contributed by atoms with E-state index in [2.05, 4.69) is 24.0 Å². The number of halogens is 1. The maximum atomic E-state index is 5.43. The van der Waals surface area contributed by atoms with E-state index in [4.69, 9.17) is 14.7 Å². The van der Waals surface area contributed by atoms with Crippen LogP contribution in [0.2, 0.25) is 0 Å². The number of thiazole rings is 1. The van der Waals surface area contributed by atoms with Crippen LogP contribution in [-0.2, 0) is 11.8 Å². The van der Waals surface area contributed by atoms with Crippen molar-refractivity contribution in [2.45, 2.75) is 6.92 Å².